The number of amides is 2. The van der Waals surface area contributed by atoms with Crippen LogP contribution in [0.2, 0.25) is 0 Å². The lowest BCUT2D eigenvalue weighted by Crippen LogP contribution is -2.39. The molecule has 33 heavy (non-hydrogen) atoms. The van der Waals surface area contributed by atoms with Crippen molar-refractivity contribution in [3.05, 3.63) is 78.2 Å². The second kappa shape index (κ2) is 10.2. The molecule has 1 aromatic heterocycles. The molecular weight excluding hydrogens is 426 g/mol. The molecule has 0 fully saturated rings. The normalized spacial score (nSPS) is 10.3. The number of carbonyl (C=O) groups excluding carboxylic acids is 3. The minimum Gasteiger partial charge on any atom is -0.494 e. The van der Waals surface area contributed by atoms with Crippen LogP contribution in [0.25, 0.3) is 22.0 Å². The third kappa shape index (κ3) is 5.59. The summed E-state index contributed by atoms with van der Waals surface area (Å²) in [6, 6.07) is 13.3. The maximum absolute atomic E-state index is 12.6. The average molecular weight is 447 g/mol. The van der Waals surface area contributed by atoms with Crippen LogP contribution in [-0.2, 0) is 14.3 Å². The van der Waals surface area contributed by atoms with Crippen molar-refractivity contribution in [3.8, 4) is 11.1 Å². The number of carboxylic acids is 1. The fourth-order valence-corrected chi connectivity index (χ4v) is 3.07. The molecule has 1 heterocycles. The van der Waals surface area contributed by atoms with Crippen LogP contribution >= 0.6 is 0 Å². The van der Waals surface area contributed by atoms with E-state index in [9.17, 15) is 24.3 Å². The molecule has 168 valence electrons. The number of hydrogen-bond donors (Lipinski definition) is 3. The lowest BCUT2D eigenvalue weighted by molar-refractivity contribution is -0.124. The number of pyridine rings is 1. The zero-order chi connectivity index (χ0) is 24.0. The molecule has 2 aromatic carbocycles. The van der Waals surface area contributed by atoms with Crippen molar-refractivity contribution in [1.82, 2.24) is 15.6 Å². The van der Waals surface area contributed by atoms with Crippen LogP contribution < -0.4 is 10.6 Å². The summed E-state index contributed by atoms with van der Waals surface area (Å²) in [6.45, 7) is 2.80. The molecule has 0 spiro atoms. The third-order valence-corrected chi connectivity index (χ3v) is 4.84. The first-order chi connectivity index (χ1) is 15.8. The van der Waals surface area contributed by atoms with E-state index in [2.05, 4.69) is 22.2 Å². The quantitative estimate of drug-likeness (QED) is 0.338. The highest BCUT2D eigenvalue weighted by molar-refractivity contribution is 6.07. The zero-order valence-corrected chi connectivity index (χ0v) is 17.8. The van der Waals surface area contributed by atoms with Crippen LogP contribution in [0.15, 0.2) is 67.1 Å². The summed E-state index contributed by atoms with van der Waals surface area (Å²) in [5, 5.41) is 14.7. The number of ether oxygens (including phenoxy) is 1. The molecule has 2 amide bonds. The van der Waals surface area contributed by atoms with Crippen molar-refractivity contribution < 1.29 is 29.0 Å². The van der Waals surface area contributed by atoms with Crippen molar-refractivity contribution in [1.29, 1.82) is 0 Å². The third-order valence-electron chi connectivity index (χ3n) is 4.84. The van der Waals surface area contributed by atoms with Gasteiger partial charge in [-0.25, -0.2) is 4.79 Å². The van der Waals surface area contributed by atoms with E-state index < -0.39 is 23.6 Å². The summed E-state index contributed by atoms with van der Waals surface area (Å²) in [6.07, 6.45) is 1.48. The van der Waals surface area contributed by atoms with Crippen LogP contribution in [0.3, 0.4) is 0 Å². The van der Waals surface area contributed by atoms with Crippen molar-refractivity contribution in [2.75, 3.05) is 20.2 Å². The molecule has 0 bridgehead atoms. The van der Waals surface area contributed by atoms with E-state index in [1.54, 1.807) is 36.4 Å². The molecule has 0 atom stereocenters. The molecule has 0 aliphatic heterocycles. The first-order valence-corrected chi connectivity index (χ1v) is 9.83. The van der Waals surface area contributed by atoms with Gasteiger partial charge in [0.25, 0.3) is 5.91 Å². The number of aromatic nitrogens is 1. The highest BCUT2D eigenvalue weighted by Crippen LogP contribution is 2.26. The molecule has 0 aliphatic carbocycles. The second-order valence-electron chi connectivity index (χ2n) is 6.99. The number of hydrogen-bond acceptors (Lipinski definition) is 6. The summed E-state index contributed by atoms with van der Waals surface area (Å²) in [7, 11) is 1.30. The number of benzene rings is 2. The van der Waals surface area contributed by atoms with Gasteiger partial charge in [-0.05, 0) is 35.4 Å². The Balaban J connectivity index is 1.72. The zero-order valence-electron chi connectivity index (χ0n) is 17.8. The molecular formula is C24H21N3O6. The smallest absolute Gasteiger partial charge is 0.335 e. The summed E-state index contributed by atoms with van der Waals surface area (Å²) in [5.41, 5.74) is 2.48. The molecule has 3 aromatic rings. The number of Topliss-reactive ketones (excluding diaryl/α,β-unsaturated/α-hetero) is 1. The van der Waals surface area contributed by atoms with Crippen LogP contribution in [-0.4, -0.2) is 53.9 Å². The molecule has 0 aliphatic rings. The number of carboxylic acid groups (broad SMARTS) is 1. The Labute approximate surface area is 189 Å². The van der Waals surface area contributed by atoms with Crippen LogP contribution in [0.5, 0.6) is 0 Å². The first kappa shape index (κ1) is 23.1. The number of rotatable bonds is 9. The second-order valence-corrected chi connectivity index (χ2v) is 6.99. The number of fused-ring (bicyclic) bond motifs is 1. The van der Waals surface area contributed by atoms with Gasteiger partial charge in [-0.2, -0.15) is 0 Å². The SMILES string of the molecule is C=C(OC)C(=O)CNC(=O)CNC(=O)c1ccnc2cc(-c3cccc(C(=O)O)c3)ccc12. The molecule has 9 heteroatoms. The maximum atomic E-state index is 12.6. The minimum absolute atomic E-state index is 0.0725. The molecule has 9 nitrogen and oxygen atoms in total. The predicted molar refractivity (Wildman–Crippen MR) is 121 cm³/mol. The fraction of sp³-hybridized carbons (Fsp3) is 0.125. The standard InChI is InChI=1S/C24H21N3O6/c1-14(33-2)21(28)12-26-22(29)13-27-23(30)19-8-9-25-20-11-16(6-7-18(19)20)15-4-3-5-17(10-15)24(31)32/h3-11H,1,12-13H2,2H3,(H,26,29)(H,27,30)(H,31,32). The summed E-state index contributed by atoms with van der Waals surface area (Å²) >= 11 is 0. The van der Waals surface area contributed by atoms with E-state index in [1.165, 1.54) is 25.4 Å². The van der Waals surface area contributed by atoms with Crippen LogP contribution in [0.1, 0.15) is 20.7 Å². The van der Waals surface area contributed by atoms with Gasteiger partial charge in [-0.1, -0.05) is 30.8 Å². The monoisotopic (exact) mass is 447 g/mol. The van der Waals surface area contributed by atoms with E-state index in [0.717, 1.165) is 5.56 Å². The van der Waals surface area contributed by atoms with Gasteiger partial charge in [0.05, 0.1) is 36.8 Å². The summed E-state index contributed by atoms with van der Waals surface area (Å²) in [5.74, 6) is -2.59. The van der Waals surface area contributed by atoms with Gasteiger partial charge in [0, 0.05) is 11.6 Å². The maximum Gasteiger partial charge on any atom is 0.335 e. The molecule has 0 saturated heterocycles. The summed E-state index contributed by atoms with van der Waals surface area (Å²) < 4.78 is 4.70. The average Bonchev–Trinajstić information content (AvgIpc) is 2.84. The van der Waals surface area contributed by atoms with Gasteiger partial charge in [0.2, 0.25) is 11.7 Å². The lowest BCUT2D eigenvalue weighted by Gasteiger charge is -2.10. The summed E-state index contributed by atoms with van der Waals surface area (Å²) in [4.78, 5) is 51.7. The van der Waals surface area contributed by atoms with Crippen molar-refractivity contribution in [2.45, 2.75) is 0 Å². The van der Waals surface area contributed by atoms with Gasteiger partial charge >= 0.3 is 5.97 Å². The molecule has 3 rings (SSSR count). The Morgan fingerprint density at radius 2 is 1.76 bits per heavy atom. The Bertz CT molecular complexity index is 1270. The predicted octanol–water partition coefficient (Wildman–Crippen LogP) is 2.18. The number of ketones is 1. The largest absolute Gasteiger partial charge is 0.494 e. The van der Waals surface area contributed by atoms with Gasteiger partial charge in [-0.15, -0.1) is 0 Å². The number of methoxy groups -OCH3 is 1. The Hall–Kier alpha value is -4.53. The first-order valence-electron chi connectivity index (χ1n) is 9.83. The number of nitrogens with zero attached hydrogens (tertiary/aromatic N) is 1. The number of carbonyl (C=O) groups is 4. The van der Waals surface area contributed by atoms with E-state index >= 15 is 0 Å². The van der Waals surface area contributed by atoms with Crippen molar-refractivity contribution in [3.63, 3.8) is 0 Å². The minimum atomic E-state index is -1.02. The molecule has 3 N–H and O–H groups in total. The topological polar surface area (TPSA) is 135 Å². The molecule has 0 saturated carbocycles. The van der Waals surface area contributed by atoms with E-state index in [4.69, 9.17) is 4.74 Å². The van der Waals surface area contributed by atoms with Crippen LogP contribution in [0.4, 0.5) is 0 Å². The molecule has 0 unspecified atom stereocenters. The fourth-order valence-electron chi connectivity index (χ4n) is 3.07. The Morgan fingerprint density at radius 1 is 1.00 bits per heavy atom. The van der Waals surface area contributed by atoms with Gasteiger partial charge in [0.1, 0.15) is 0 Å². The van der Waals surface area contributed by atoms with Gasteiger partial charge < -0.3 is 20.5 Å². The van der Waals surface area contributed by atoms with Crippen molar-refractivity contribution in [2.24, 2.45) is 0 Å². The highest BCUT2D eigenvalue weighted by atomic mass is 16.5. The van der Waals surface area contributed by atoms with Gasteiger partial charge in [0.15, 0.2) is 5.76 Å². The van der Waals surface area contributed by atoms with Gasteiger partial charge in [-0.3, -0.25) is 19.4 Å². The molecule has 0 radical (unpaired) electrons. The lowest BCUT2D eigenvalue weighted by atomic mass is 10.00. The van der Waals surface area contributed by atoms with Crippen LogP contribution in [0, 0.1) is 0 Å². The van der Waals surface area contributed by atoms with Crippen molar-refractivity contribution >= 4 is 34.5 Å². The number of nitrogens with one attached hydrogen (secondary N) is 2. The Morgan fingerprint density at radius 3 is 2.48 bits per heavy atom. The van der Waals surface area contributed by atoms with E-state index in [-0.39, 0.29) is 24.4 Å². The Kier molecular flexibility index (Phi) is 7.14. The van der Waals surface area contributed by atoms with E-state index in [0.29, 0.717) is 22.0 Å². The highest BCUT2D eigenvalue weighted by Gasteiger charge is 2.14. The number of aromatic carboxylic acids is 1. The van der Waals surface area contributed by atoms with E-state index in [1.807, 2.05) is 0 Å².